The van der Waals surface area contributed by atoms with Gasteiger partial charge in [-0.25, -0.2) is 10.2 Å². The lowest BCUT2D eigenvalue weighted by Crippen LogP contribution is -2.18. The number of carbonyl (C=O) groups is 1. The highest BCUT2D eigenvalue weighted by molar-refractivity contribution is 5.86. The molecule has 1 aliphatic rings. The highest BCUT2D eigenvalue weighted by Gasteiger charge is 2.08. The molecule has 1 N–H and O–H groups in total. The second-order valence-corrected chi connectivity index (χ2v) is 2.49. The van der Waals surface area contributed by atoms with Crippen molar-refractivity contribution in [2.45, 2.75) is 25.7 Å². The summed E-state index contributed by atoms with van der Waals surface area (Å²) in [4.78, 5) is 10.5. The second-order valence-electron chi connectivity index (χ2n) is 2.49. The van der Waals surface area contributed by atoms with E-state index in [1.165, 1.54) is 20.0 Å². The van der Waals surface area contributed by atoms with Crippen LogP contribution < -0.4 is 5.43 Å². The van der Waals surface area contributed by atoms with E-state index in [4.69, 9.17) is 0 Å². The SMILES string of the molecule is COC(=O)NN=C1CCCC1. The molecule has 4 heteroatoms. The topological polar surface area (TPSA) is 50.7 Å². The summed E-state index contributed by atoms with van der Waals surface area (Å²) in [7, 11) is 1.32. The van der Waals surface area contributed by atoms with E-state index >= 15 is 0 Å². The third-order valence-electron chi connectivity index (χ3n) is 1.67. The molecule has 4 nitrogen and oxygen atoms in total. The molecule has 0 aromatic carbocycles. The third kappa shape index (κ3) is 2.57. The van der Waals surface area contributed by atoms with Crippen LogP contribution in [0.5, 0.6) is 0 Å². The summed E-state index contributed by atoms with van der Waals surface area (Å²) in [6, 6.07) is 0. The van der Waals surface area contributed by atoms with Gasteiger partial charge in [-0.1, -0.05) is 0 Å². The van der Waals surface area contributed by atoms with Crippen LogP contribution in [-0.4, -0.2) is 18.9 Å². The summed E-state index contributed by atoms with van der Waals surface area (Å²) in [6.45, 7) is 0. The molecule has 1 saturated carbocycles. The largest absolute Gasteiger partial charge is 0.452 e. The maximum Gasteiger partial charge on any atom is 0.427 e. The van der Waals surface area contributed by atoms with Gasteiger partial charge in [0, 0.05) is 5.71 Å². The summed E-state index contributed by atoms with van der Waals surface area (Å²) in [5.41, 5.74) is 3.37. The van der Waals surface area contributed by atoms with E-state index in [9.17, 15) is 4.79 Å². The number of methoxy groups -OCH3 is 1. The van der Waals surface area contributed by atoms with Crippen molar-refractivity contribution >= 4 is 11.8 Å². The van der Waals surface area contributed by atoms with Gasteiger partial charge in [0.25, 0.3) is 0 Å². The van der Waals surface area contributed by atoms with E-state index in [0.29, 0.717) is 0 Å². The van der Waals surface area contributed by atoms with E-state index in [-0.39, 0.29) is 0 Å². The fourth-order valence-corrected chi connectivity index (χ4v) is 1.07. The van der Waals surface area contributed by atoms with Crippen LogP contribution in [0, 0.1) is 0 Å². The summed E-state index contributed by atoms with van der Waals surface area (Å²) >= 11 is 0. The number of hydrogen-bond acceptors (Lipinski definition) is 3. The molecule has 0 saturated heterocycles. The number of hydrogen-bond donors (Lipinski definition) is 1. The monoisotopic (exact) mass is 156 g/mol. The van der Waals surface area contributed by atoms with Crippen LogP contribution in [0.15, 0.2) is 5.10 Å². The number of hydrazone groups is 1. The average molecular weight is 156 g/mol. The Morgan fingerprint density at radius 2 is 2.18 bits per heavy atom. The van der Waals surface area contributed by atoms with E-state index in [1.54, 1.807) is 0 Å². The normalized spacial score (nSPS) is 16.3. The smallest absolute Gasteiger partial charge is 0.427 e. The first-order chi connectivity index (χ1) is 5.33. The molecule has 0 atom stereocenters. The molecule has 11 heavy (non-hydrogen) atoms. The van der Waals surface area contributed by atoms with Gasteiger partial charge >= 0.3 is 6.09 Å². The lowest BCUT2D eigenvalue weighted by Gasteiger charge is -1.97. The van der Waals surface area contributed by atoms with Crippen molar-refractivity contribution in [2.75, 3.05) is 7.11 Å². The molecular weight excluding hydrogens is 144 g/mol. The summed E-state index contributed by atoms with van der Waals surface area (Å²) in [5.74, 6) is 0. The Kier molecular flexibility index (Phi) is 2.89. The Morgan fingerprint density at radius 1 is 1.55 bits per heavy atom. The van der Waals surface area contributed by atoms with Gasteiger partial charge in [-0.2, -0.15) is 5.10 Å². The van der Waals surface area contributed by atoms with Gasteiger partial charge in [-0.05, 0) is 25.7 Å². The molecule has 1 rings (SSSR count). The zero-order chi connectivity index (χ0) is 8.10. The molecule has 0 radical (unpaired) electrons. The number of nitrogens with one attached hydrogen (secondary N) is 1. The van der Waals surface area contributed by atoms with E-state index in [0.717, 1.165) is 18.6 Å². The van der Waals surface area contributed by atoms with Crippen molar-refractivity contribution in [3.05, 3.63) is 0 Å². The molecule has 0 heterocycles. The highest BCUT2D eigenvalue weighted by Crippen LogP contribution is 2.13. The minimum absolute atomic E-state index is 0.496. The predicted molar refractivity (Wildman–Crippen MR) is 41.4 cm³/mol. The lowest BCUT2D eigenvalue weighted by atomic mass is 10.3. The Bertz CT molecular complexity index is 169. The molecule has 0 bridgehead atoms. The van der Waals surface area contributed by atoms with Crippen LogP contribution in [0.25, 0.3) is 0 Å². The van der Waals surface area contributed by atoms with Crippen LogP contribution in [0.2, 0.25) is 0 Å². The highest BCUT2D eigenvalue weighted by atomic mass is 16.5. The predicted octanol–water partition coefficient (Wildman–Crippen LogP) is 1.27. The van der Waals surface area contributed by atoms with Crippen molar-refractivity contribution < 1.29 is 9.53 Å². The molecule has 0 unspecified atom stereocenters. The number of rotatable bonds is 1. The first-order valence-electron chi connectivity index (χ1n) is 3.72. The van der Waals surface area contributed by atoms with Crippen molar-refractivity contribution in [1.82, 2.24) is 5.43 Å². The molecule has 0 aliphatic heterocycles. The zero-order valence-corrected chi connectivity index (χ0v) is 6.59. The van der Waals surface area contributed by atoms with Gasteiger partial charge < -0.3 is 4.74 Å². The molecular formula is C7H12N2O2. The van der Waals surface area contributed by atoms with Gasteiger partial charge in [-0.3, -0.25) is 0 Å². The number of amides is 1. The third-order valence-corrected chi connectivity index (χ3v) is 1.67. The molecule has 0 spiro atoms. The van der Waals surface area contributed by atoms with Crippen molar-refractivity contribution in [3.63, 3.8) is 0 Å². The van der Waals surface area contributed by atoms with Gasteiger partial charge in [0.05, 0.1) is 7.11 Å². The van der Waals surface area contributed by atoms with Crippen molar-refractivity contribution in [2.24, 2.45) is 5.10 Å². The van der Waals surface area contributed by atoms with Gasteiger partial charge in [0.15, 0.2) is 0 Å². The summed E-state index contributed by atoms with van der Waals surface area (Å²) < 4.78 is 4.35. The first-order valence-corrected chi connectivity index (χ1v) is 3.72. The second kappa shape index (κ2) is 3.95. The Morgan fingerprint density at radius 3 is 2.73 bits per heavy atom. The van der Waals surface area contributed by atoms with Crippen LogP contribution in [0.3, 0.4) is 0 Å². The minimum atomic E-state index is -0.496. The van der Waals surface area contributed by atoms with Crippen molar-refractivity contribution in [1.29, 1.82) is 0 Å². The molecule has 1 aliphatic carbocycles. The quantitative estimate of drug-likeness (QED) is 0.581. The van der Waals surface area contributed by atoms with Crippen LogP contribution >= 0.6 is 0 Å². The first kappa shape index (κ1) is 8.04. The molecule has 62 valence electrons. The van der Waals surface area contributed by atoms with Crippen LogP contribution in [-0.2, 0) is 4.74 Å². The van der Waals surface area contributed by atoms with Crippen molar-refractivity contribution in [3.8, 4) is 0 Å². The van der Waals surface area contributed by atoms with Gasteiger partial charge in [0.2, 0.25) is 0 Å². The zero-order valence-electron chi connectivity index (χ0n) is 6.59. The fourth-order valence-electron chi connectivity index (χ4n) is 1.07. The maximum atomic E-state index is 10.5. The van der Waals surface area contributed by atoms with Gasteiger partial charge in [-0.15, -0.1) is 0 Å². The molecule has 1 fully saturated rings. The van der Waals surface area contributed by atoms with Crippen LogP contribution in [0.1, 0.15) is 25.7 Å². The lowest BCUT2D eigenvalue weighted by molar-refractivity contribution is 0.171. The number of carbonyl (C=O) groups excluding carboxylic acids is 1. The Balaban J connectivity index is 2.28. The molecule has 0 aromatic rings. The summed E-state index contributed by atoms with van der Waals surface area (Å²) in [6.07, 6.45) is 3.88. The Hall–Kier alpha value is -1.06. The average Bonchev–Trinajstić information content (AvgIpc) is 2.52. The Labute approximate surface area is 65.6 Å². The van der Waals surface area contributed by atoms with E-state index in [1.807, 2.05) is 0 Å². The van der Waals surface area contributed by atoms with Crippen LogP contribution in [0.4, 0.5) is 4.79 Å². The minimum Gasteiger partial charge on any atom is -0.452 e. The fraction of sp³-hybridized carbons (Fsp3) is 0.714. The molecule has 0 aromatic heterocycles. The van der Waals surface area contributed by atoms with Gasteiger partial charge in [0.1, 0.15) is 0 Å². The standard InChI is InChI=1S/C7H12N2O2/c1-11-7(10)9-8-6-4-2-3-5-6/h2-5H2,1H3,(H,9,10). The molecule has 1 amide bonds. The summed E-state index contributed by atoms with van der Waals surface area (Å²) in [5, 5.41) is 3.89. The van der Waals surface area contributed by atoms with E-state index in [2.05, 4.69) is 15.3 Å². The number of ether oxygens (including phenoxy) is 1. The maximum absolute atomic E-state index is 10.5. The number of nitrogens with zero attached hydrogens (tertiary/aromatic N) is 1. The van der Waals surface area contributed by atoms with E-state index < -0.39 is 6.09 Å².